The summed E-state index contributed by atoms with van der Waals surface area (Å²) in [7, 11) is -3.86. The molecule has 0 radical (unpaired) electrons. The Morgan fingerprint density at radius 1 is 1.00 bits per heavy atom. The van der Waals surface area contributed by atoms with Crippen molar-refractivity contribution in [2.24, 2.45) is 4.40 Å². The molecule has 1 heterocycles. The summed E-state index contributed by atoms with van der Waals surface area (Å²) in [6.45, 7) is 9.39. The molecule has 1 aliphatic heterocycles. The fourth-order valence-electron chi connectivity index (χ4n) is 3.09. The summed E-state index contributed by atoms with van der Waals surface area (Å²) in [5, 5.41) is 0. The highest BCUT2D eigenvalue weighted by Gasteiger charge is 2.34. The van der Waals surface area contributed by atoms with Crippen LogP contribution >= 0.6 is 0 Å². The first kappa shape index (κ1) is 22.2. The molecule has 1 saturated heterocycles. The minimum atomic E-state index is -3.86. The molecular formula is C22H31NO4S. The van der Waals surface area contributed by atoms with Gasteiger partial charge in [-0.3, -0.25) is 0 Å². The van der Waals surface area contributed by atoms with E-state index in [0.29, 0.717) is 0 Å². The van der Waals surface area contributed by atoms with Crippen LogP contribution < -0.4 is 0 Å². The Morgan fingerprint density at radius 2 is 1.64 bits per heavy atom. The second kappa shape index (κ2) is 11.1. The van der Waals surface area contributed by atoms with E-state index in [1.165, 1.54) is 37.8 Å². The molecule has 0 aromatic heterocycles. The molecule has 1 fully saturated rings. The molecule has 0 saturated carbocycles. The van der Waals surface area contributed by atoms with Gasteiger partial charge in [-0.05, 0) is 50.8 Å². The molecule has 1 aromatic carbocycles. The van der Waals surface area contributed by atoms with Gasteiger partial charge in [-0.2, -0.15) is 8.42 Å². The zero-order chi connectivity index (χ0) is 20.4. The van der Waals surface area contributed by atoms with Crippen molar-refractivity contribution in [1.82, 2.24) is 0 Å². The highest BCUT2D eigenvalue weighted by molar-refractivity contribution is 7.90. The van der Waals surface area contributed by atoms with Gasteiger partial charge in [-0.1, -0.05) is 60.4 Å². The number of rotatable bonds is 12. The summed E-state index contributed by atoms with van der Waals surface area (Å²) in [6, 6.07) is 6.52. The molecule has 28 heavy (non-hydrogen) atoms. The van der Waals surface area contributed by atoms with Crippen LogP contribution in [0.1, 0.15) is 56.9 Å². The van der Waals surface area contributed by atoms with Crippen molar-refractivity contribution >= 4 is 16.1 Å². The predicted octanol–water partition coefficient (Wildman–Crippen LogP) is 5.32. The van der Waals surface area contributed by atoms with Gasteiger partial charge < -0.3 is 9.47 Å². The van der Waals surface area contributed by atoms with Gasteiger partial charge in [0.2, 0.25) is 0 Å². The van der Waals surface area contributed by atoms with Crippen molar-refractivity contribution in [3.63, 3.8) is 0 Å². The number of benzene rings is 1. The highest BCUT2D eigenvalue weighted by atomic mass is 32.2. The molecule has 0 bridgehead atoms. The zero-order valence-electron chi connectivity index (χ0n) is 16.7. The predicted molar refractivity (Wildman–Crippen MR) is 113 cm³/mol. The normalized spacial score (nSPS) is 20.5. The van der Waals surface area contributed by atoms with E-state index >= 15 is 0 Å². The average Bonchev–Trinajstić information content (AvgIpc) is 3.05. The van der Waals surface area contributed by atoms with Gasteiger partial charge in [0.15, 0.2) is 6.10 Å². The van der Waals surface area contributed by atoms with E-state index in [4.69, 9.17) is 9.47 Å². The Kier molecular flexibility index (Phi) is 8.77. The molecule has 0 aliphatic carbocycles. The number of allylic oxidation sites excluding steroid dienone is 1. The lowest BCUT2D eigenvalue weighted by atomic mass is 10.0. The molecule has 5 nitrogen and oxygen atoms in total. The van der Waals surface area contributed by atoms with Crippen molar-refractivity contribution in [2.45, 2.75) is 75.4 Å². The van der Waals surface area contributed by atoms with Crippen molar-refractivity contribution in [2.75, 3.05) is 0 Å². The molecule has 0 amide bonds. The fraction of sp³-hybridized carbons (Fsp3) is 0.500. The van der Waals surface area contributed by atoms with Crippen molar-refractivity contribution in [3.05, 3.63) is 55.1 Å². The third-order valence-electron chi connectivity index (χ3n) is 4.75. The molecule has 0 unspecified atom stereocenters. The van der Waals surface area contributed by atoms with Crippen LogP contribution in [-0.2, 0) is 19.5 Å². The van der Waals surface area contributed by atoms with Gasteiger partial charge >= 0.3 is 6.08 Å². The summed E-state index contributed by atoms with van der Waals surface area (Å²) in [4.78, 5) is 0.118. The molecular weight excluding hydrogens is 374 g/mol. The topological polar surface area (TPSA) is 65.0 Å². The Hall–Kier alpha value is -2.08. The van der Waals surface area contributed by atoms with Crippen molar-refractivity contribution in [1.29, 1.82) is 0 Å². The van der Waals surface area contributed by atoms with E-state index in [-0.39, 0.29) is 23.2 Å². The van der Waals surface area contributed by atoms with Crippen LogP contribution in [0, 0.1) is 6.92 Å². The molecule has 2 atom stereocenters. The van der Waals surface area contributed by atoms with Gasteiger partial charge in [-0.15, -0.1) is 6.58 Å². The van der Waals surface area contributed by atoms with Gasteiger partial charge in [0.25, 0.3) is 10.0 Å². The summed E-state index contributed by atoms with van der Waals surface area (Å²) < 4.78 is 39.8. The van der Waals surface area contributed by atoms with Crippen molar-refractivity contribution < 1.29 is 17.9 Å². The largest absolute Gasteiger partial charge is 0.442 e. The maximum atomic E-state index is 12.4. The minimum absolute atomic E-state index is 0.118. The summed E-state index contributed by atoms with van der Waals surface area (Å²) in [6.07, 6.45) is 11.6. The number of aryl methyl sites for hydroxylation is 1. The number of unbranched alkanes of at least 4 members (excludes halogenated alkanes) is 6. The second-order valence-electron chi connectivity index (χ2n) is 7.11. The molecule has 6 heteroatoms. The quantitative estimate of drug-likeness (QED) is 0.349. The molecule has 154 valence electrons. The minimum Gasteiger partial charge on any atom is -0.442 e. The van der Waals surface area contributed by atoms with E-state index < -0.39 is 10.0 Å². The van der Waals surface area contributed by atoms with Crippen LogP contribution in [-0.4, -0.2) is 26.7 Å². The van der Waals surface area contributed by atoms with Crippen LogP contribution in [0.25, 0.3) is 0 Å². The lowest BCUT2D eigenvalue weighted by molar-refractivity contribution is 0.176. The van der Waals surface area contributed by atoms with Crippen LogP contribution in [0.15, 0.2) is 58.9 Å². The Labute approximate surface area is 169 Å². The third-order valence-corrected chi connectivity index (χ3v) is 6.01. The summed E-state index contributed by atoms with van der Waals surface area (Å²) >= 11 is 0. The molecule has 0 spiro atoms. The third kappa shape index (κ3) is 6.82. The molecule has 1 aliphatic rings. The maximum Gasteiger partial charge on any atom is 0.401 e. The number of nitrogens with zero attached hydrogens (tertiary/aromatic N) is 1. The van der Waals surface area contributed by atoms with Crippen LogP contribution in [0.5, 0.6) is 0 Å². The van der Waals surface area contributed by atoms with Crippen LogP contribution in [0.3, 0.4) is 0 Å². The molecule has 1 aromatic rings. The summed E-state index contributed by atoms with van der Waals surface area (Å²) in [5.74, 6) is 0. The highest BCUT2D eigenvalue weighted by Crippen LogP contribution is 2.24. The van der Waals surface area contributed by atoms with E-state index in [9.17, 15) is 8.42 Å². The smallest absolute Gasteiger partial charge is 0.401 e. The first-order chi connectivity index (χ1) is 13.5. The number of hydrogen-bond donors (Lipinski definition) is 0. The van der Waals surface area contributed by atoms with Crippen LogP contribution in [0.4, 0.5) is 0 Å². The van der Waals surface area contributed by atoms with Gasteiger partial charge in [-0.25, -0.2) is 0 Å². The maximum absolute atomic E-state index is 12.4. The van der Waals surface area contributed by atoms with Crippen LogP contribution in [0.2, 0.25) is 0 Å². The molecule has 0 N–H and O–H groups in total. The average molecular weight is 406 g/mol. The fourth-order valence-corrected chi connectivity index (χ4v) is 3.95. The first-order valence-corrected chi connectivity index (χ1v) is 11.4. The number of hydrogen-bond acceptors (Lipinski definition) is 4. The lowest BCUT2D eigenvalue weighted by Crippen LogP contribution is -2.19. The Bertz CT molecular complexity index is 768. The lowest BCUT2D eigenvalue weighted by Gasteiger charge is -2.11. The number of ether oxygens (including phenoxy) is 2. The molecule has 2 rings (SSSR count). The first-order valence-electron chi connectivity index (χ1n) is 9.94. The summed E-state index contributed by atoms with van der Waals surface area (Å²) in [5.41, 5.74) is 0.979. The van der Waals surface area contributed by atoms with Gasteiger partial charge in [0.1, 0.15) is 6.10 Å². The SMILES string of the molecule is C=CCCCCCCCC[C@H]1O/C(=N\S(=O)(=O)c2ccc(C)cc2)O[C@@H]1C=C. The zero-order valence-corrected chi connectivity index (χ0v) is 17.5. The Morgan fingerprint density at radius 3 is 2.29 bits per heavy atom. The van der Waals surface area contributed by atoms with Gasteiger partial charge in [0.05, 0.1) is 4.90 Å². The monoisotopic (exact) mass is 405 g/mol. The van der Waals surface area contributed by atoms with E-state index in [0.717, 1.165) is 31.2 Å². The van der Waals surface area contributed by atoms with E-state index in [2.05, 4.69) is 17.6 Å². The van der Waals surface area contributed by atoms with E-state index in [1.54, 1.807) is 18.2 Å². The number of sulfonamides is 1. The van der Waals surface area contributed by atoms with Crippen molar-refractivity contribution in [3.8, 4) is 0 Å². The second-order valence-corrected chi connectivity index (χ2v) is 8.71. The van der Waals surface area contributed by atoms with Gasteiger partial charge in [0, 0.05) is 0 Å². The van der Waals surface area contributed by atoms with E-state index in [1.807, 2.05) is 13.0 Å². The Balaban J connectivity index is 1.85. The standard InChI is InChI=1S/C22H31NO4S/c1-4-6-7-8-9-10-11-12-13-21-20(5-2)26-22(27-21)23-28(24,25)19-16-14-18(3)15-17-19/h4-5,14-17,20-21H,1-2,6-13H2,3H3/b23-22-/t20-,21-/m1/s1.